The summed E-state index contributed by atoms with van der Waals surface area (Å²) in [7, 11) is 1.93. The third-order valence-electron chi connectivity index (χ3n) is 2.80. The van der Waals surface area contributed by atoms with E-state index in [1.165, 1.54) is 11.5 Å². The Hall–Kier alpha value is -1.89. The third kappa shape index (κ3) is 1.86. The summed E-state index contributed by atoms with van der Waals surface area (Å²) in [5.74, 6) is 1.57. The Labute approximate surface area is 108 Å². The summed E-state index contributed by atoms with van der Waals surface area (Å²) in [6, 6.07) is 3.94. The number of benzene rings is 1. The summed E-state index contributed by atoms with van der Waals surface area (Å²) >= 11 is 1.25. The first-order valence-electron chi connectivity index (χ1n) is 5.55. The zero-order chi connectivity index (χ0) is 12.5. The zero-order valence-electron chi connectivity index (χ0n) is 10.1. The second kappa shape index (κ2) is 4.41. The van der Waals surface area contributed by atoms with E-state index in [2.05, 4.69) is 14.8 Å². The highest BCUT2D eigenvalue weighted by molar-refractivity contribution is 7.09. The fourth-order valence-electron chi connectivity index (χ4n) is 1.90. The maximum atomic E-state index is 5.59. The van der Waals surface area contributed by atoms with Crippen LogP contribution in [-0.4, -0.2) is 35.1 Å². The highest BCUT2D eigenvalue weighted by Gasteiger charge is 2.18. The monoisotopic (exact) mass is 264 g/mol. The van der Waals surface area contributed by atoms with Crippen LogP contribution >= 0.6 is 11.5 Å². The SMILES string of the molecule is Cc1cc2c(cc1N(C)c1nnns1)OCCO2. The molecule has 1 aromatic heterocycles. The molecule has 0 unspecified atom stereocenters. The van der Waals surface area contributed by atoms with Crippen LogP contribution in [0.4, 0.5) is 10.8 Å². The van der Waals surface area contributed by atoms with E-state index in [0.29, 0.717) is 13.2 Å². The minimum absolute atomic E-state index is 0.583. The highest BCUT2D eigenvalue weighted by Crippen LogP contribution is 2.38. The van der Waals surface area contributed by atoms with Crippen molar-refractivity contribution in [1.82, 2.24) is 14.8 Å². The number of ether oxygens (including phenoxy) is 2. The number of hydrogen-bond acceptors (Lipinski definition) is 7. The lowest BCUT2D eigenvalue weighted by Gasteiger charge is -2.23. The van der Waals surface area contributed by atoms with Crippen molar-refractivity contribution in [2.24, 2.45) is 0 Å². The molecule has 6 nitrogen and oxygen atoms in total. The predicted octanol–water partition coefficient (Wildman–Crippen LogP) is 1.78. The molecule has 2 aromatic rings. The smallest absolute Gasteiger partial charge is 0.232 e. The van der Waals surface area contributed by atoms with Gasteiger partial charge < -0.3 is 14.4 Å². The molecule has 0 saturated carbocycles. The average molecular weight is 264 g/mol. The Kier molecular flexibility index (Phi) is 2.75. The maximum absolute atomic E-state index is 5.59. The zero-order valence-corrected chi connectivity index (χ0v) is 10.9. The van der Waals surface area contributed by atoms with E-state index in [0.717, 1.165) is 27.9 Å². The van der Waals surface area contributed by atoms with Gasteiger partial charge in [-0.15, -0.1) is 0 Å². The van der Waals surface area contributed by atoms with Crippen molar-refractivity contribution >= 4 is 22.4 Å². The van der Waals surface area contributed by atoms with Crippen LogP contribution in [0.25, 0.3) is 0 Å². The van der Waals surface area contributed by atoms with Crippen LogP contribution in [0, 0.1) is 6.92 Å². The topological polar surface area (TPSA) is 60.4 Å². The molecule has 0 radical (unpaired) electrons. The minimum Gasteiger partial charge on any atom is -0.486 e. The Morgan fingerprint density at radius 2 is 1.94 bits per heavy atom. The molecule has 94 valence electrons. The molecule has 1 aliphatic rings. The van der Waals surface area contributed by atoms with E-state index in [4.69, 9.17) is 9.47 Å². The Morgan fingerprint density at radius 1 is 1.22 bits per heavy atom. The lowest BCUT2D eigenvalue weighted by Crippen LogP contribution is -2.17. The lowest BCUT2D eigenvalue weighted by molar-refractivity contribution is 0.171. The van der Waals surface area contributed by atoms with E-state index in [1.807, 2.05) is 31.0 Å². The molecule has 1 aromatic carbocycles. The van der Waals surface area contributed by atoms with Gasteiger partial charge in [-0.2, -0.15) is 0 Å². The van der Waals surface area contributed by atoms with Crippen molar-refractivity contribution < 1.29 is 9.47 Å². The van der Waals surface area contributed by atoms with Gasteiger partial charge in [0.25, 0.3) is 0 Å². The van der Waals surface area contributed by atoms with Crippen LogP contribution in [0.2, 0.25) is 0 Å². The average Bonchev–Trinajstić information content (AvgIpc) is 2.91. The predicted molar refractivity (Wildman–Crippen MR) is 67.9 cm³/mol. The standard InChI is InChI=1S/C11H12N4O2S/c1-7-5-9-10(17-4-3-16-9)6-8(7)15(2)11-12-13-14-18-11/h5-6H,3-4H2,1-2H3. The van der Waals surface area contributed by atoms with Gasteiger partial charge in [0.05, 0.1) is 0 Å². The van der Waals surface area contributed by atoms with Gasteiger partial charge in [-0.25, -0.2) is 0 Å². The van der Waals surface area contributed by atoms with Crippen molar-refractivity contribution in [3.63, 3.8) is 0 Å². The number of fused-ring (bicyclic) bond motifs is 1. The van der Waals surface area contributed by atoms with E-state index in [-0.39, 0.29) is 0 Å². The number of rotatable bonds is 2. The minimum atomic E-state index is 0.583. The summed E-state index contributed by atoms with van der Waals surface area (Å²) in [4.78, 5) is 1.94. The van der Waals surface area contributed by atoms with Gasteiger partial charge in [0, 0.05) is 30.3 Å². The fraction of sp³-hybridized carbons (Fsp3) is 0.364. The number of aryl methyl sites for hydroxylation is 1. The second-order valence-electron chi connectivity index (χ2n) is 3.99. The molecular formula is C11H12N4O2S. The summed E-state index contributed by atoms with van der Waals surface area (Å²) in [5.41, 5.74) is 2.11. The molecule has 0 N–H and O–H groups in total. The van der Waals surface area contributed by atoms with Crippen LogP contribution in [0.1, 0.15) is 5.56 Å². The van der Waals surface area contributed by atoms with Crippen molar-refractivity contribution in [3.05, 3.63) is 17.7 Å². The van der Waals surface area contributed by atoms with Gasteiger partial charge in [0.2, 0.25) is 5.13 Å². The van der Waals surface area contributed by atoms with Gasteiger partial charge in [0.15, 0.2) is 11.5 Å². The molecular weight excluding hydrogens is 252 g/mol. The number of aromatic nitrogens is 3. The van der Waals surface area contributed by atoms with Crippen molar-refractivity contribution in [2.45, 2.75) is 6.92 Å². The fourth-order valence-corrected chi connectivity index (χ4v) is 2.34. The van der Waals surface area contributed by atoms with Gasteiger partial charge in [0.1, 0.15) is 13.2 Å². The molecule has 18 heavy (non-hydrogen) atoms. The van der Waals surface area contributed by atoms with Crippen LogP contribution in [0.15, 0.2) is 12.1 Å². The molecule has 0 bridgehead atoms. The van der Waals surface area contributed by atoms with Crippen LogP contribution in [0.3, 0.4) is 0 Å². The Morgan fingerprint density at radius 3 is 2.61 bits per heavy atom. The van der Waals surface area contributed by atoms with Crippen molar-refractivity contribution in [1.29, 1.82) is 0 Å². The molecule has 0 aliphatic carbocycles. The summed E-state index contributed by atoms with van der Waals surface area (Å²) in [6.07, 6.45) is 0. The summed E-state index contributed by atoms with van der Waals surface area (Å²) in [6.45, 7) is 3.21. The molecule has 0 fully saturated rings. The van der Waals surface area contributed by atoms with Gasteiger partial charge >= 0.3 is 0 Å². The first-order valence-corrected chi connectivity index (χ1v) is 6.32. The molecule has 0 spiro atoms. The number of anilines is 2. The van der Waals surface area contributed by atoms with Crippen molar-refractivity contribution in [2.75, 3.05) is 25.2 Å². The van der Waals surface area contributed by atoms with Gasteiger partial charge in [-0.1, -0.05) is 9.59 Å². The molecule has 0 saturated heterocycles. The van der Waals surface area contributed by atoms with E-state index in [9.17, 15) is 0 Å². The molecule has 0 amide bonds. The normalized spacial score (nSPS) is 13.4. The number of hydrogen-bond donors (Lipinski definition) is 0. The first kappa shape index (κ1) is 11.2. The summed E-state index contributed by atoms with van der Waals surface area (Å²) in [5, 5.41) is 8.31. The molecule has 7 heteroatoms. The quantitative estimate of drug-likeness (QED) is 0.824. The molecule has 1 aliphatic heterocycles. The summed E-state index contributed by atoms with van der Waals surface area (Å²) < 4.78 is 14.9. The second-order valence-corrected chi connectivity index (χ2v) is 4.70. The Balaban J connectivity index is 2.01. The van der Waals surface area contributed by atoms with Crippen molar-refractivity contribution in [3.8, 4) is 11.5 Å². The first-order chi connectivity index (χ1) is 8.75. The maximum Gasteiger partial charge on any atom is 0.232 e. The number of nitrogens with zero attached hydrogens (tertiary/aromatic N) is 4. The van der Waals surface area contributed by atoms with Crippen LogP contribution in [-0.2, 0) is 0 Å². The largest absolute Gasteiger partial charge is 0.486 e. The third-order valence-corrected chi connectivity index (χ3v) is 3.47. The van der Waals surface area contributed by atoms with Gasteiger partial charge in [-0.05, 0) is 23.8 Å². The molecule has 0 atom stereocenters. The highest BCUT2D eigenvalue weighted by atomic mass is 32.1. The van der Waals surface area contributed by atoms with E-state index in [1.54, 1.807) is 0 Å². The molecule has 2 heterocycles. The van der Waals surface area contributed by atoms with Gasteiger partial charge in [-0.3, -0.25) is 0 Å². The molecule has 3 rings (SSSR count). The van der Waals surface area contributed by atoms with E-state index < -0.39 is 0 Å². The van der Waals surface area contributed by atoms with Crippen LogP contribution in [0.5, 0.6) is 11.5 Å². The lowest BCUT2D eigenvalue weighted by atomic mass is 10.1. The van der Waals surface area contributed by atoms with Crippen LogP contribution < -0.4 is 14.4 Å². The van der Waals surface area contributed by atoms with E-state index >= 15 is 0 Å². The Bertz CT molecular complexity index is 558.